The number of carbonyl (C=O) groups excluding carboxylic acids is 1. The zero-order valence-corrected chi connectivity index (χ0v) is 15.8. The van der Waals surface area contributed by atoms with Crippen molar-refractivity contribution in [2.45, 2.75) is 26.4 Å². The van der Waals surface area contributed by atoms with Gasteiger partial charge in [-0.1, -0.05) is 29.3 Å². The van der Waals surface area contributed by atoms with E-state index in [-0.39, 0.29) is 5.91 Å². The normalized spacial score (nSPS) is 15.6. The van der Waals surface area contributed by atoms with Crippen molar-refractivity contribution in [1.29, 1.82) is 0 Å². The smallest absolute Gasteiger partial charge is 0.224 e. The van der Waals surface area contributed by atoms with Crippen LogP contribution in [0.15, 0.2) is 30.5 Å². The molecule has 0 spiro atoms. The van der Waals surface area contributed by atoms with E-state index in [0.29, 0.717) is 23.0 Å². The van der Waals surface area contributed by atoms with E-state index >= 15 is 0 Å². The summed E-state index contributed by atoms with van der Waals surface area (Å²) in [5, 5.41) is 5.48. The van der Waals surface area contributed by atoms with Gasteiger partial charge in [0.25, 0.3) is 0 Å². The number of hydrogen-bond donors (Lipinski definition) is 0. The SMILES string of the molecule is Cc1ccn(CCC(=O)N2CCN(Cc3ccc(Cl)c(Cl)c3)CC2)n1. The van der Waals surface area contributed by atoms with Crippen molar-refractivity contribution < 1.29 is 4.79 Å². The third-order valence-electron chi connectivity index (χ3n) is 4.44. The molecule has 25 heavy (non-hydrogen) atoms. The number of aryl methyl sites for hydroxylation is 2. The highest BCUT2D eigenvalue weighted by Crippen LogP contribution is 2.23. The van der Waals surface area contributed by atoms with E-state index in [2.05, 4.69) is 10.00 Å². The molecule has 5 nitrogen and oxygen atoms in total. The highest BCUT2D eigenvalue weighted by Gasteiger charge is 2.21. The number of benzene rings is 1. The van der Waals surface area contributed by atoms with Crippen LogP contribution in [0.2, 0.25) is 10.0 Å². The monoisotopic (exact) mass is 380 g/mol. The van der Waals surface area contributed by atoms with Gasteiger partial charge in [-0.15, -0.1) is 0 Å². The molecule has 1 aromatic heterocycles. The van der Waals surface area contributed by atoms with E-state index in [1.807, 2.05) is 47.0 Å². The van der Waals surface area contributed by atoms with Gasteiger partial charge >= 0.3 is 0 Å². The molecule has 1 aliphatic heterocycles. The Labute approximate surface area is 158 Å². The molecule has 0 radical (unpaired) electrons. The van der Waals surface area contributed by atoms with Crippen LogP contribution in [0.3, 0.4) is 0 Å². The molecule has 1 amide bonds. The van der Waals surface area contributed by atoms with Gasteiger partial charge < -0.3 is 4.90 Å². The summed E-state index contributed by atoms with van der Waals surface area (Å²) < 4.78 is 1.83. The molecule has 1 aliphatic rings. The van der Waals surface area contributed by atoms with Crippen molar-refractivity contribution in [3.63, 3.8) is 0 Å². The first-order chi connectivity index (χ1) is 12.0. The van der Waals surface area contributed by atoms with Crippen LogP contribution in [-0.4, -0.2) is 51.7 Å². The summed E-state index contributed by atoms with van der Waals surface area (Å²) >= 11 is 12.0. The maximum absolute atomic E-state index is 12.4. The summed E-state index contributed by atoms with van der Waals surface area (Å²) in [6.07, 6.45) is 2.41. The first-order valence-corrected chi connectivity index (χ1v) is 9.21. The second-order valence-electron chi connectivity index (χ2n) is 6.38. The van der Waals surface area contributed by atoms with E-state index in [0.717, 1.165) is 44.0 Å². The summed E-state index contributed by atoms with van der Waals surface area (Å²) in [6, 6.07) is 7.69. The summed E-state index contributed by atoms with van der Waals surface area (Å²) in [4.78, 5) is 16.6. The minimum absolute atomic E-state index is 0.197. The molecule has 0 N–H and O–H groups in total. The number of hydrogen-bond acceptors (Lipinski definition) is 3. The van der Waals surface area contributed by atoms with Crippen molar-refractivity contribution in [3.05, 3.63) is 51.8 Å². The standard InChI is InChI=1S/C18H22Cl2N4O/c1-14-4-6-24(21-14)7-5-18(25)23-10-8-22(9-11-23)13-15-2-3-16(19)17(20)12-15/h2-4,6,12H,5,7-11,13H2,1H3. The Balaban J connectivity index is 1.44. The molecule has 1 saturated heterocycles. The van der Waals surface area contributed by atoms with Crippen LogP contribution in [0.4, 0.5) is 0 Å². The van der Waals surface area contributed by atoms with Crippen LogP contribution in [0.5, 0.6) is 0 Å². The Morgan fingerprint density at radius 3 is 2.52 bits per heavy atom. The minimum Gasteiger partial charge on any atom is -0.340 e. The molecular formula is C18H22Cl2N4O. The van der Waals surface area contributed by atoms with Gasteiger partial charge in [-0.3, -0.25) is 14.4 Å². The lowest BCUT2D eigenvalue weighted by Gasteiger charge is -2.34. The van der Waals surface area contributed by atoms with Crippen molar-refractivity contribution in [2.24, 2.45) is 0 Å². The van der Waals surface area contributed by atoms with Gasteiger partial charge in [0, 0.05) is 51.9 Å². The van der Waals surface area contributed by atoms with Crippen molar-refractivity contribution >= 4 is 29.1 Å². The molecule has 1 fully saturated rings. The highest BCUT2D eigenvalue weighted by molar-refractivity contribution is 6.42. The largest absolute Gasteiger partial charge is 0.340 e. The third kappa shape index (κ3) is 4.97. The number of carbonyl (C=O) groups is 1. The number of aromatic nitrogens is 2. The molecule has 1 aromatic carbocycles. The number of halogens is 2. The lowest BCUT2D eigenvalue weighted by atomic mass is 10.2. The molecular weight excluding hydrogens is 359 g/mol. The van der Waals surface area contributed by atoms with Gasteiger partial charge in [0.05, 0.1) is 15.7 Å². The molecule has 0 atom stereocenters. The average molecular weight is 381 g/mol. The molecule has 2 heterocycles. The number of nitrogens with zero attached hydrogens (tertiary/aromatic N) is 4. The zero-order chi connectivity index (χ0) is 17.8. The highest BCUT2D eigenvalue weighted by atomic mass is 35.5. The fraction of sp³-hybridized carbons (Fsp3) is 0.444. The van der Waals surface area contributed by atoms with Gasteiger partial charge in [0.2, 0.25) is 5.91 Å². The second kappa shape index (κ2) is 8.21. The number of amides is 1. The number of rotatable bonds is 5. The molecule has 134 valence electrons. The predicted octanol–water partition coefficient (Wildman–Crippen LogP) is 3.23. The van der Waals surface area contributed by atoms with Crippen molar-refractivity contribution in [1.82, 2.24) is 19.6 Å². The van der Waals surface area contributed by atoms with E-state index in [1.165, 1.54) is 0 Å². The summed E-state index contributed by atoms with van der Waals surface area (Å²) in [5.74, 6) is 0.197. The molecule has 2 aromatic rings. The van der Waals surface area contributed by atoms with Crippen LogP contribution < -0.4 is 0 Å². The quantitative estimate of drug-likeness (QED) is 0.799. The van der Waals surface area contributed by atoms with Crippen molar-refractivity contribution in [3.8, 4) is 0 Å². The van der Waals surface area contributed by atoms with E-state index < -0.39 is 0 Å². The van der Waals surface area contributed by atoms with Gasteiger partial charge in [0.15, 0.2) is 0 Å². The van der Waals surface area contributed by atoms with Gasteiger partial charge in [-0.2, -0.15) is 5.10 Å². The van der Waals surface area contributed by atoms with Gasteiger partial charge in [-0.05, 0) is 30.7 Å². The zero-order valence-electron chi connectivity index (χ0n) is 14.3. The fourth-order valence-electron chi connectivity index (χ4n) is 3.01. The van der Waals surface area contributed by atoms with Crippen LogP contribution >= 0.6 is 23.2 Å². The lowest BCUT2D eigenvalue weighted by molar-refractivity contribution is -0.133. The topological polar surface area (TPSA) is 41.4 Å². The summed E-state index contributed by atoms with van der Waals surface area (Å²) in [5.41, 5.74) is 2.12. The molecule has 0 bridgehead atoms. The molecule has 7 heteroatoms. The van der Waals surface area contributed by atoms with E-state index in [4.69, 9.17) is 23.2 Å². The van der Waals surface area contributed by atoms with E-state index in [1.54, 1.807) is 0 Å². The predicted molar refractivity (Wildman–Crippen MR) is 99.9 cm³/mol. The van der Waals surface area contributed by atoms with Crippen LogP contribution in [0.25, 0.3) is 0 Å². The Hall–Kier alpha value is -1.56. The van der Waals surface area contributed by atoms with Crippen molar-refractivity contribution in [2.75, 3.05) is 26.2 Å². The Morgan fingerprint density at radius 2 is 1.88 bits per heavy atom. The lowest BCUT2D eigenvalue weighted by Crippen LogP contribution is -2.48. The summed E-state index contributed by atoms with van der Waals surface area (Å²) in [6.45, 7) is 6.67. The number of piperazine rings is 1. The fourth-order valence-corrected chi connectivity index (χ4v) is 3.33. The molecule has 0 unspecified atom stereocenters. The first-order valence-electron chi connectivity index (χ1n) is 8.45. The maximum Gasteiger partial charge on any atom is 0.224 e. The second-order valence-corrected chi connectivity index (χ2v) is 7.19. The minimum atomic E-state index is 0.197. The van der Waals surface area contributed by atoms with Crippen LogP contribution in [-0.2, 0) is 17.9 Å². The van der Waals surface area contributed by atoms with E-state index in [9.17, 15) is 4.79 Å². The van der Waals surface area contributed by atoms with Gasteiger partial charge in [-0.25, -0.2) is 0 Å². The first kappa shape index (κ1) is 18.2. The Morgan fingerprint density at radius 1 is 1.12 bits per heavy atom. The molecule has 0 saturated carbocycles. The average Bonchev–Trinajstić information content (AvgIpc) is 3.02. The Bertz CT molecular complexity index is 738. The summed E-state index contributed by atoms with van der Waals surface area (Å²) in [7, 11) is 0. The third-order valence-corrected chi connectivity index (χ3v) is 5.18. The van der Waals surface area contributed by atoms with Gasteiger partial charge in [0.1, 0.15) is 0 Å². The van der Waals surface area contributed by atoms with Crippen LogP contribution in [0.1, 0.15) is 17.7 Å². The molecule has 0 aliphatic carbocycles. The Kier molecular flexibility index (Phi) is 5.99. The maximum atomic E-state index is 12.4. The molecule has 3 rings (SSSR count). The van der Waals surface area contributed by atoms with Crippen LogP contribution in [0, 0.1) is 6.92 Å².